The summed E-state index contributed by atoms with van der Waals surface area (Å²) < 4.78 is 4.03. The van der Waals surface area contributed by atoms with E-state index < -0.39 is 0 Å². The lowest BCUT2D eigenvalue weighted by atomic mass is 10.3. The van der Waals surface area contributed by atoms with Crippen molar-refractivity contribution in [3.63, 3.8) is 0 Å². The standard InChI is InChI=1S/C19H26N8/c1-13-11-20-14(2)18-21-16(24-27(13)18)7-8-17-22-19(25-9-3-4-10-25)26(23-17)12-15-5-6-15/h11,15H,3-10,12H2,1-2H3. The van der Waals surface area contributed by atoms with E-state index in [1.54, 1.807) is 0 Å². The van der Waals surface area contributed by atoms with Gasteiger partial charge in [-0.2, -0.15) is 15.2 Å². The fourth-order valence-corrected chi connectivity index (χ4v) is 3.77. The number of rotatable bonds is 6. The molecule has 2 aliphatic rings. The summed E-state index contributed by atoms with van der Waals surface area (Å²) in [5, 5.41) is 9.47. The van der Waals surface area contributed by atoms with Gasteiger partial charge in [-0.15, -0.1) is 0 Å². The number of aromatic nitrogens is 7. The molecule has 2 fully saturated rings. The Morgan fingerprint density at radius 3 is 2.44 bits per heavy atom. The molecule has 0 radical (unpaired) electrons. The molecule has 1 aliphatic carbocycles. The highest BCUT2D eigenvalue weighted by Gasteiger charge is 2.27. The molecule has 1 saturated heterocycles. The van der Waals surface area contributed by atoms with Crippen molar-refractivity contribution in [2.75, 3.05) is 18.0 Å². The molecule has 8 heteroatoms. The lowest BCUT2D eigenvalue weighted by Crippen LogP contribution is -2.23. The average Bonchev–Trinajstić information content (AvgIpc) is 3.07. The van der Waals surface area contributed by atoms with Crippen LogP contribution in [0.15, 0.2) is 6.20 Å². The normalized spacial score (nSPS) is 17.3. The van der Waals surface area contributed by atoms with E-state index in [0.717, 1.165) is 73.0 Å². The fourth-order valence-electron chi connectivity index (χ4n) is 3.77. The van der Waals surface area contributed by atoms with Gasteiger partial charge in [0, 0.05) is 38.7 Å². The largest absolute Gasteiger partial charge is 0.341 e. The number of hydrogen-bond acceptors (Lipinski definition) is 6. The minimum absolute atomic E-state index is 0.743. The monoisotopic (exact) mass is 366 g/mol. The van der Waals surface area contributed by atoms with Crippen LogP contribution < -0.4 is 4.90 Å². The van der Waals surface area contributed by atoms with Crippen LogP contribution in [-0.4, -0.2) is 47.4 Å². The highest BCUT2D eigenvalue weighted by Crippen LogP contribution is 2.32. The minimum Gasteiger partial charge on any atom is -0.341 e. The quantitative estimate of drug-likeness (QED) is 0.665. The third-order valence-corrected chi connectivity index (χ3v) is 5.54. The van der Waals surface area contributed by atoms with E-state index in [0.29, 0.717) is 0 Å². The third-order valence-electron chi connectivity index (χ3n) is 5.54. The van der Waals surface area contributed by atoms with Crippen LogP contribution in [0, 0.1) is 19.8 Å². The van der Waals surface area contributed by atoms with E-state index in [1.165, 1.54) is 25.7 Å². The first-order valence-electron chi connectivity index (χ1n) is 10.0. The summed E-state index contributed by atoms with van der Waals surface area (Å²) in [6, 6.07) is 0. The predicted octanol–water partition coefficient (Wildman–Crippen LogP) is 2.13. The van der Waals surface area contributed by atoms with Crippen LogP contribution in [0.25, 0.3) is 5.65 Å². The van der Waals surface area contributed by atoms with Crippen LogP contribution >= 0.6 is 0 Å². The summed E-state index contributed by atoms with van der Waals surface area (Å²) in [5.74, 6) is 3.59. The van der Waals surface area contributed by atoms with E-state index >= 15 is 0 Å². The number of aryl methyl sites for hydroxylation is 4. The Bertz CT molecular complexity index is 923. The summed E-state index contributed by atoms with van der Waals surface area (Å²) >= 11 is 0. The van der Waals surface area contributed by atoms with Crippen LogP contribution in [-0.2, 0) is 19.4 Å². The molecule has 3 aromatic rings. The SMILES string of the molecule is Cc1ncc(C)n2nc(CCc3nc(N4CCCC4)n(CC4CC4)n3)nc12. The van der Waals surface area contributed by atoms with Crippen molar-refractivity contribution in [2.24, 2.45) is 5.92 Å². The number of fused-ring (bicyclic) bond motifs is 1. The zero-order valence-electron chi connectivity index (χ0n) is 16.1. The molecule has 0 bridgehead atoms. The van der Waals surface area contributed by atoms with Gasteiger partial charge in [0.05, 0.1) is 11.4 Å². The smallest absolute Gasteiger partial charge is 0.224 e. The molecule has 0 spiro atoms. The molecule has 8 nitrogen and oxygen atoms in total. The van der Waals surface area contributed by atoms with Crippen molar-refractivity contribution in [1.29, 1.82) is 0 Å². The topological polar surface area (TPSA) is 77.0 Å². The molecule has 0 aromatic carbocycles. The predicted molar refractivity (Wildman–Crippen MR) is 102 cm³/mol. The second-order valence-electron chi connectivity index (χ2n) is 7.90. The maximum Gasteiger partial charge on any atom is 0.224 e. The van der Waals surface area contributed by atoms with Gasteiger partial charge in [-0.25, -0.2) is 14.2 Å². The lowest BCUT2D eigenvalue weighted by molar-refractivity contribution is 0.551. The minimum atomic E-state index is 0.743. The van der Waals surface area contributed by atoms with Gasteiger partial charge in [-0.1, -0.05) is 0 Å². The van der Waals surface area contributed by atoms with Crippen LogP contribution in [0.3, 0.4) is 0 Å². The van der Waals surface area contributed by atoms with Gasteiger partial charge in [0.2, 0.25) is 5.95 Å². The average molecular weight is 366 g/mol. The molecule has 1 saturated carbocycles. The van der Waals surface area contributed by atoms with E-state index in [-0.39, 0.29) is 0 Å². The molecule has 1 aliphatic heterocycles. The van der Waals surface area contributed by atoms with Crippen LogP contribution in [0.4, 0.5) is 5.95 Å². The maximum absolute atomic E-state index is 4.88. The van der Waals surface area contributed by atoms with E-state index in [9.17, 15) is 0 Å². The van der Waals surface area contributed by atoms with Crippen LogP contribution in [0.5, 0.6) is 0 Å². The van der Waals surface area contributed by atoms with Crippen LogP contribution in [0.2, 0.25) is 0 Å². The van der Waals surface area contributed by atoms with Crippen molar-refractivity contribution >= 4 is 11.6 Å². The number of nitrogens with zero attached hydrogens (tertiary/aromatic N) is 8. The molecule has 3 aromatic heterocycles. The zero-order chi connectivity index (χ0) is 18.4. The van der Waals surface area contributed by atoms with Gasteiger partial charge in [-0.3, -0.25) is 4.98 Å². The van der Waals surface area contributed by atoms with Gasteiger partial charge in [-0.05, 0) is 45.4 Å². The summed E-state index contributed by atoms with van der Waals surface area (Å²) in [6.45, 7) is 7.18. The Morgan fingerprint density at radius 2 is 1.74 bits per heavy atom. The zero-order valence-corrected chi connectivity index (χ0v) is 16.1. The molecule has 0 N–H and O–H groups in total. The third kappa shape index (κ3) is 3.28. The molecule has 0 unspecified atom stereocenters. The Labute approximate surface area is 158 Å². The molecular weight excluding hydrogens is 340 g/mol. The van der Waals surface area contributed by atoms with Gasteiger partial charge in [0.1, 0.15) is 0 Å². The van der Waals surface area contributed by atoms with E-state index in [1.807, 2.05) is 24.6 Å². The first-order chi connectivity index (χ1) is 13.2. The summed E-state index contributed by atoms with van der Waals surface area (Å²) in [4.78, 5) is 16.3. The first-order valence-corrected chi connectivity index (χ1v) is 10.0. The molecular formula is C19H26N8. The lowest BCUT2D eigenvalue weighted by Gasteiger charge is -2.16. The van der Waals surface area contributed by atoms with Crippen molar-refractivity contribution in [3.05, 3.63) is 29.2 Å². The molecule has 0 atom stereocenters. The van der Waals surface area contributed by atoms with Crippen molar-refractivity contribution in [2.45, 2.75) is 58.9 Å². The first kappa shape index (κ1) is 16.6. The second kappa shape index (κ2) is 6.58. The van der Waals surface area contributed by atoms with Crippen molar-refractivity contribution in [3.8, 4) is 0 Å². The summed E-state index contributed by atoms with van der Waals surface area (Å²) in [6.07, 6.45) is 8.50. The number of hydrogen-bond donors (Lipinski definition) is 0. The Hall–Kier alpha value is -2.51. The molecule has 4 heterocycles. The van der Waals surface area contributed by atoms with E-state index in [2.05, 4.69) is 24.6 Å². The van der Waals surface area contributed by atoms with Crippen LogP contribution in [0.1, 0.15) is 48.7 Å². The maximum atomic E-state index is 4.88. The van der Waals surface area contributed by atoms with Crippen molar-refractivity contribution < 1.29 is 0 Å². The van der Waals surface area contributed by atoms with E-state index in [4.69, 9.17) is 10.1 Å². The summed E-state index contributed by atoms with van der Waals surface area (Å²) in [7, 11) is 0. The highest BCUT2D eigenvalue weighted by atomic mass is 15.4. The van der Waals surface area contributed by atoms with Gasteiger partial charge < -0.3 is 4.90 Å². The van der Waals surface area contributed by atoms with Gasteiger partial charge >= 0.3 is 0 Å². The fraction of sp³-hybridized carbons (Fsp3) is 0.632. The van der Waals surface area contributed by atoms with Gasteiger partial charge in [0.15, 0.2) is 17.3 Å². The Kier molecular flexibility index (Phi) is 4.06. The molecule has 0 amide bonds. The van der Waals surface area contributed by atoms with Gasteiger partial charge in [0.25, 0.3) is 0 Å². The Balaban J connectivity index is 1.36. The second-order valence-corrected chi connectivity index (χ2v) is 7.90. The Morgan fingerprint density at radius 1 is 1.00 bits per heavy atom. The molecule has 142 valence electrons. The molecule has 5 rings (SSSR count). The number of anilines is 1. The van der Waals surface area contributed by atoms with Crippen molar-refractivity contribution in [1.82, 2.24) is 34.3 Å². The molecule has 27 heavy (non-hydrogen) atoms. The highest BCUT2D eigenvalue weighted by molar-refractivity contribution is 5.43. The summed E-state index contributed by atoms with van der Waals surface area (Å²) in [5.41, 5.74) is 2.75.